The van der Waals surface area contributed by atoms with Crippen LogP contribution < -0.4 is 5.32 Å². The lowest BCUT2D eigenvalue weighted by Gasteiger charge is -2.35. The fraction of sp³-hybridized carbons (Fsp3) is 0.545. The van der Waals surface area contributed by atoms with E-state index in [9.17, 15) is 0 Å². The minimum absolute atomic E-state index is 0.295. The smallest absolute Gasteiger partial charge is 0.0825 e. The van der Waals surface area contributed by atoms with Crippen molar-refractivity contribution >= 4 is 0 Å². The van der Waals surface area contributed by atoms with Crippen LogP contribution in [0.4, 0.5) is 0 Å². The molecule has 2 aliphatic carbocycles. The van der Waals surface area contributed by atoms with E-state index in [4.69, 9.17) is 4.74 Å². The van der Waals surface area contributed by atoms with Gasteiger partial charge in [-0.1, -0.05) is 56.4 Å². The van der Waals surface area contributed by atoms with Gasteiger partial charge in [-0.15, -0.1) is 0 Å². The first kappa shape index (κ1) is 16.0. The molecular weight excluding hydrogens is 294 g/mol. The molecule has 0 bridgehead atoms. The molecule has 24 heavy (non-hydrogen) atoms. The molecule has 0 amide bonds. The van der Waals surface area contributed by atoms with Crippen LogP contribution in [0, 0.1) is 17.8 Å². The minimum atomic E-state index is 0.295. The molecule has 1 N–H and O–H groups in total. The maximum absolute atomic E-state index is 6.51. The molecule has 0 saturated carbocycles. The van der Waals surface area contributed by atoms with Gasteiger partial charge in [0, 0.05) is 17.5 Å². The van der Waals surface area contributed by atoms with E-state index in [1.807, 2.05) is 0 Å². The molecule has 0 radical (unpaired) electrons. The summed E-state index contributed by atoms with van der Waals surface area (Å²) in [6, 6.07) is 0.323. The van der Waals surface area contributed by atoms with E-state index >= 15 is 0 Å². The Bertz CT molecular complexity index is 622. The fourth-order valence-electron chi connectivity index (χ4n) is 4.53. The highest BCUT2D eigenvalue weighted by Gasteiger charge is 2.41. The number of hydrogen-bond acceptors (Lipinski definition) is 2. The number of rotatable bonds is 3. The number of fused-ring (bicyclic) bond motifs is 1. The molecule has 5 atom stereocenters. The van der Waals surface area contributed by atoms with Crippen LogP contribution in [0.2, 0.25) is 0 Å². The molecule has 4 aliphatic rings. The second kappa shape index (κ2) is 6.76. The lowest BCUT2D eigenvalue weighted by molar-refractivity contribution is 0.0191. The monoisotopic (exact) mass is 323 g/mol. The second-order valence-corrected chi connectivity index (χ2v) is 7.84. The Morgan fingerprint density at radius 1 is 1.08 bits per heavy atom. The highest BCUT2D eigenvalue weighted by atomic mass is 16.5. The molecule has 2 heteroatoms. The molecular formula is C22H29NO. The molecule has 1 fully saturated rings. The molecule has 2 aliphatic heterocycles. The Morgan fingerprint density at radius 2 is 2.00 bits per heavy atom. The lowest BCUT2D eigenvalue weighted by atomic mass is 9.83. The Balaban J connectivity index is 1.54. The van der Waals surface area contributed by atoms with E-state index in [0.717, 1.165) is 12.8 Å². The van der Waals surface area contributed by atoms with Crippen LogP contribution in [0.1, 0.15) is 39.5 Å². The summed E-state index contributed by atoms with van der Waals surface area (Å²) in [4.78, 5) is 0. The molecule has 0 spiro atoms. The van der Waals surface area contributed by atoms with Gasteiger partial charge in [-0.3, -0.25) is 0 Å². The van der Waals surface area contributed by atoms with Crippen LogP contribution in [-0.2, 0) is 4.74 Å². The number of allylic oxidation sites excluding steroid dienone is 7. The molecule has 1 saturated heterocycles. The van der Waals surface area contributed by atoms with E-state index < -0.39 is 0 Å². The topological polar surface area (TPSA) is 21.3 Å². The summed E-state index contributed by atoms with van der Waals surface area (Å²) in [5, 5.41) is 3.86. The average molecular weight is 323 g/mol. The van der Waals surface area contributed by atoms with Crippen molar-refractivity contribution in [2.45, 2.75) is 57.8 Å². The number of nitrogens with one attached hydrogen (secondary N) is 1. The van der Waals surface area contributed by atoms with Crippen molar-refractivity contribution in [2.24, 2.45) is 17.8 Å². The van der Waals surface area contributed by atoms with Crippen molar-refractivity contribution in [1.29, 1.82) is 0 Å². The summed E-state index contributed by atoms with van der Waals surface area (Å²) in [6.45, 7) is 4.59. The number of dihydropyridines is 1. The standard InChI is InChI=1S/C22H29NO/c1-15(2)18-12-13-19(16-8-4-3-5-9-16)23-22(18)21-14-17-10-6-7-11-20(17)24-21/h3-6,8,10,12-13,15-17,20-23H,7,9,11,14H2,1-2H3. The average Bonchev–Trinajstić information content (AvgIpc) is 3.06. The maximum Gasteiger partial charge on any atom is 0.0825 e. The maximum atomic E-state index is 6.51. The van der Waals surface area contributed by atoms with Crippen LogP contribution in [0.25, 0.3) is 0 Å². The minimum Gasteiger partial charge on any atom is -0.379 e. The summed E-state index contributed by atoms with van der Waals surface area (Å²) in [5.41, 5.74) is 2.83. The first-order chi connectivity index (χ1) is 11.7. The first-order valence-electron chi connectivity index (χ1n) is 9.56. The Morgan fingerprint density at radius 3 is 2.75 bits per heavy atom. The summed E-state index contributed by atoms with van der Waals surface area (Å²) < 4.78 is 6.51. The summed E-state index contributed by atoms with van der Waals surface area (Å²) in [5.74, 6) is 1.64. The molecule has 0 aromatic carbocycles. The second-order valence-electron chi connectivity index (χ2n) is 7.84. The molecule has 5 unspecified atom stereocenters. The lowest BCUT2D eigenvalue weighted by Crippen LogP contribution is -2.45. The summed E-state index contributed by atoms with van der Waals surface area (Å²) in [7, 11) is 0. The van der Waals surface area contributed by atoms with E-state index in [2.05, 4.69) is 67.8 Å². The van der Waals surface area contributed by atoms with Crippen molar-refractivity contribution in [2.75, 3.05) is 0 Å². The van der Waals surface area contributed by atoms with E-state index in [1.165, 1.54) is 24.1 Å². The van der Waals surface area contributed by atoms with Gasteiger partial charge in [-0.25, -0.2) is 0 Å². The van der Waals surface area contributed by atoms with Crippen molar-refractivity contribution in [1.82, 2.24) is 5.32 Å². The SMILES string of the molecule is CC(C)C1=CC=C(C2C=CC=CC2)NC1C1CC2C=CCCC2O1. The van der Waals surface area contributed by atoms with Gasteiger partial charge in [-0.2, -0.15) is 0 Å². The molecule has 128 valence electrons. The summed E-state index contributed by atoms with van der Waals surface area (Å²) >= 11 is 0. The van der Waals surface area contributed by atoms with E-state index in [-0.39, 0.29) is 0 Å². The Kier molecular flexibility index (Phi) is 4.49. The van der Waals surface area contributed by atoms with E-state index in [0.29, 0.717) is 36.0 Å². The van der Waals surface area contributed by atoms with Gasteiger partial charge in [-0.05, 0) is 43.3 Å². The Labute approximate surface area is 146 Å². The van der Waals surface area contributed by atoms with Crippen molar-refractivity contribution in [3.8, 4) is 0 Å². The predicted octanol–water partition coefficient (Wildman–Crippen LogP) is 4.68. The first-order valence-corrected chi connectivity index (χ1v) is 9.56. The third-order valence-electron chi connectivity index (χ3n) is 5.89. The van der Waals surface area contributed by atoms with E-state index in [1.54, 1.807) is 0 Å². The van der Waals surface area contributed by atoms with Gasteiger partial charge in [0.2, 0.25) is 0 Å². The van der Waals surface area contributed by atoms with Crippen LogP contribution in [0.15, 0.2) is 59.9 Å². The number of ether oxygens (including phenoxy) is 1. The third kappa shape index (κ3) is 3.04. The zero-order valence-corrected chi connectivity index (χ0v) is 14.8. The normalized spacial score (nSPS) is 37.9. The molecule has 2 nitrogen and oxygen atoms in total. The van der Waals surface area contributed by atoms with Crippen molar-refractivity contribution in [3.63, 3.8) is 0 Å². The predicted molar refractivity (Wildman–Crippen MR) is 99.5 cm³/mol. The highest BCUT2D eigenvalue weighted by molar-refractivity contribution is 5.34. The molecule has 0 aromatic rings. The molecule has 4 rings (SSSR count). The van der Waals surface area contributed by atoms with Crippen molar-refractivity contribution in [3.05, 3.63) is 59.9 Å². The van der Waals surface area contributed by atoms with Crippen LogP contribution in [0.5, 0.6) is 0 Å². The molecule has 0 aromatic heterocycles. The van der Waals surface area contributed by atoms with Crippen LogP contribution in [0.3, 0.4) is 0 Å². The highest BCUT2D eigenvalue weighted by Crippen LogP contribution is 2.38. The van der Waals surface area contributed by atoms with Crippen LogP contribution in [-0.4, -0.2) is 18.2 Å². The third-order valence-corrected chi connectivity index (χ3v) is 5.89. The quantitative estimate of drug-likeness (QED) is 0.761. The summed E-state index contributed by atoms with van der Waals surface area (Å²) in [6.07, 6.45) is 23.6. The van der Waals surface area contributed by atoms with Gasteiger partial charge < -0.3 is 10.1 Å². The van der Waals surface area contributed by atoms with Gasteiger partial charge in [0.1, 0.15) is 0 Å². The molecule has 2 heterocycles. The number of hydrogen-bond donors (Lipinski definition) is 1. The zero-order chi connectivity index (χ0) is 16.5. The van der Waals surface area contributed by atoms with Gasteiger partial charge >= 0.3 is 0 Å². The Hall–Kier alpha value is -1.54. The fourth-order valence-corrected chi connectivity index (χ4v) is 4.53. The zero-order valence-electron chi connectivity index (χ0n) is 14.8. The van der Waals surface area contributed by atoms with Gasteiger partial charge in [0.05, 0.1) is 18.2 Å². The largest absolute Gasteiger partial charge is 0.379 e. The van der Waals surface area contributed by atoms with Crippen molar-refractivity contribution < 1.29 is 4.74 Å². The van der Waals surface area contributed by atoms with Gasteiger partial charge in [0.25, 0.3) is 0 Å². The van der Waals surface area contributed by atoms with Crippen LogP contribution >= 0.6 is 0 Å². The van der Waals surface area contributed by atoms with Gasteiger partial charge in [0.15, 0.2) is 0 Å².